The first-order chi connectivity index (χ1) is 10.1. The zero-order valence-electron chi connectivity index (χ0n) is 13.0. The Labute approximate surface area is 128 Å². The highest BCUT2D eigenvalue weighted by Gasteiger charge is 2.40. The third kappa shape index (κ3) is 3.45. The average molecular weight is 283 g/mol. The van der Waals surface area contributed by atoms with Gasteiger partial charge in [-0.1, -0.05) is 37.3 Å². The van der Waals surface area contributed by atoms with Crippen molar-refractivity contribution in [2.24, 2.45) is 11.8 Å². The molecule has 1 aromatic rings. The molecule has 1 aromatic carbocycles. The van der Waals surface area contributed by atoms with E-state index >= 15 is 0 Å². The van der Waals surface area contributed by atoms with Crippen LogP contribution in [0.2, 0.25) is 0 Å². The van der Waals surface area contributed by atoms with E-state index in [-0.39, 0.29) is 0 Å². The van der Waals surface area contributed by atoms with Crippen LogP contribution < -0.4 is 5.32 Å². The van der Waals surface area contributed by atoms with Crippen LogP contribution in [0.3, 0.4) is 0 Å². The molecule has 2 aliphatic carbocycles. The van der Waals surface area contributed by atoms with Gasteiger partial charge in [0.2, 0.25) is 0 Å². The van der Waals surface area contributed by atoms with E-state index in [9.17, 15) is 5.26 Å². The van der Waals surface area contributed by atoms with Crippen molar-refractivity contribution in [1.82, 2.24) is 10.2 Å². The maximum absolute atomic E-state index is 9.92. The number of hydrogen-bond donors (Lipinski definition) is 1. The van der Waals surface area contributed by atoms with E-state index in [1.165, 1.54) is 19.3 Å². The smallest absolute Gasteiger partial charge is 0.145 e. The summed E-state index contributed by atoms with van der Waals surface area (Å²) < 4.78 is 0. The number of nitriles is 1. The molecule has 0 spiro atoms. The lowest BCUT2D eigenvalue weighted by Crippen LogP contribution is -2.50. The Kier molecular flexibility index (Phi) is 4.01. The van der Waals surface area contributed by atoms with E-state index in [0.29, 0.717) is 6.04 Å². The summed E-state index contributed by atoms with van der Waals surface area (Å²) in [4.78, 5) is 2.33. The van der Waals surface area contributed by atoms with Crippen molar-refractivity contribution in [3.63, 3.8) is 0 Å². The first-order valence-electron chi connectivity index (χ1n) is 8.06. The average Bonchev–Trinajstić information content (AvgIpc) is 3.40. The molecule has 3 unspecified atom stereocenters. The highest BCUT2D eigenvalue weighted by Crippen LogP contribution is 2.38. The molecule has 3 rings (SSSR count). The number of likely N-dealkylation sites (N-methyl/N-ethyl adjacent to an activating group) is 1. The summed E-state index contributed by atoms with van der Waals surface area (Å²) in [5, 5.41) is 13.5. The van der Waals surface area contributed by atoms with E-state index in [1.54, 1.807) is 0 Å². The van der Waals surface area contributed by atoms with Gasteiger partial charge in [-0.2, -0.15) is 5.26 Å². The van der Waals surface area contributed by atoms with Gasteiger partial charge in [0.1, 0.15) is 5.54 Å². The minimum absolute atomic E-state index is 0.512. The molecule has 112 valence electrons. The summed E-state index contributed by atoms with van der Waals surface area (Å²) in [6.45, 7) is 4.17. The van der Waals surface area contributed by atoms with Gasteiger partial charge in [0.25, 0.3) is 0 Å². The molecule has 1 N–H and O–H groups in total. The Morgan fingerprint density at radius 3 is 2.52 bits per heavy atom. The Morgan fingerprint density at radius 1 is 1.33 bits per heavy atom. The minimum atomic E-state index is -0.574. The first kappa shape index (κ1) is 14.6. The molecule has 21 heavy (non-hydrogen) atoms. The fraction of sp³-hybridized carbons (Fsp3) is 0.611. The topological polar surface area (TPSA) is 39.1 Å². The van der Waals surface area contributed by atoms with E-state index < -0.39 is 5.54 Å². The molecule has 0 aliphatic heterocycles. The number of nitrogens with one attached hydrogen (secondary N) is 1. The molecule has 2 saturated carbocycles. The van der Waals surface area contributed by atoms with Gasteiger partial charge in [0.05, 0.1) is 6.07 Å². The fourth-order valence-corrected chi connectivity index (χ4v) is 3.17. The zero-order valence-corrected chi connectivity index (χ0v) is 13.0. The summed E-state index contributed by atoms with van der Waals surface area (Å²) in [6, 6.07) is 13.3. The Hall–Kier alpha value is -1.37. The van der Waals surface area contributed by atoms with E-state index in [4.69, 9.17) is 0 Å². The van der Waals surface area contributed by atoms with Crippen LogP contribution in [-0.4, -0.2) is 31.1 Å². The first-order valence-corrected chi connectivity index (χ1v) is 8.06. The summed E-state index contributed by atoms with van der Waals surface area (Å²) in [6.07, 6.45) is 3.73. The highest BCUT2D eigenvalue weighted by atomic mass is 15.2. The molecule has 3 nitrogen and oxygen atoms in total. The summed E-state index contributed by atoms with van der Waals surface area (Å²) in [5.74, 6) is 1.68. The van der Waals surface area contributed by atoms with Crippen LogP contribution in [0, 0.1) is 23.2 Å². The molecule has 0 amide bonds. The predicted molar refractivity (Wildman–Crippen MR) is 84.7 cm³/mol. The monoisotopic (exact) mass is 283 g/mol. The Bertz CT molecular complexity index is 517. The molecule has 0 aromatic heterocycles. The van der Waals surface area contributed by atoms with Gasteiger partial charge in [-0.15, -0.1) is 0 Å². The Balaban J connectivity index is 1.76. The second-order valence-electron chi connectivity index (χ2n) is 6.97. The number of benzene rings is 1. The van der Waals surface area contributed by atoms with Gasteiger partial charge in [-0.05, 0) is 43.7 Å². The summed E-state index contributed by atoms with van der Waals surface area (Å²) >= 11 is 0. The lowest BCUT2D eigenvalue weighted by molar-refractivity contribution is 0.237. The van der Waals surface area contributed by atoms with Crippen molar-refractivity contribution in [3.05, 3.63) is 35.9 Å². The van der Waals surface area contributed by atoms with Gasteiger partial charge < -0.3 is 4.90 Å². The van der Waals surface area contributed by atoms with Crippen molar-refractivity contribution < 1.29 is 0 Å². The van der Waals surface area contributed by atoms with Crippen molar-refractivity contribution in [1.29, 1.82) is 5.26 Å². The molecule has 0 bridgehead atoms. The maximum Gasteiger partial charge on any atom is 0.145 e. The van der Waals surface area contributed by atoms with Crippen molar-refractivity contribution in [2.45, 2.75) is 37.8 Å². The molecule has 2 fully saturated rings. The quantitative estimate of drug-likeness (QED) is 0.836. The van der Waals surface area contributed by atoms with Crippen LogP contribution in [0.25, 0.3) is 0 Å². The molecular formula is C18H25N3. The number of hydrogen-bond acceptors (Lipinski definition) is 3. The van der Waals surface area contributed by atoms with Gasteiger partial charge in [-0.3, -0.25) is 5.32 Å². The number of rotatable bonds is 7. The van der Waals surface area contributed by atoms with Crippen LogP contribution in [-0.2, 0) is 5.54 Å². The number of nitrogens with zero attached hydrogens (tertiary/aromatic N) is 2. The molecule has 0 saturated heterocycles. The Morgan fingerprint density at radius 2 is 2.00 bits per heavy atom. The summed E-state index contributed by atoms with van der Waals surface area (Å²) in [5.41, 5.74) is 0.519. The van der Waals surface area contributed by atoms with Crippen LogP contribution in [0.4, 0.5) is 0 Å². The second-order valence-corrected chi connectivity index (χ2v) is 6.97. The SMILES string of the molecule is CC1CC1CN(C)CC(C#N)(NC1CC1)c1ccccc1. The molecule has 0 radical (unpaired) electrons. The lowest BCUT2D eigenvalue weighted by atomic mass is 9.90. The van der Waals surface area contributed by atoms with Gasteiger partial charge in [0, 0.05) is 19.1 Å². The zero-order chi connectivity index (χ0) is 14.9. The lowest BCUT2D eigenvalue weighted by Gasteiger charge is -2.33. The molecule has 0 heterocycles. The van der Waals surface area contributed by atoms with Crippen molar-refractivity contribution in [2.75, 3.05) is 20.1 Å². The fourth-order valence-electron chi connectivity index (χ4n) is 3.17. The van der Waals surface area contributed by atoms with Gasteiger partial charge in [0.15, 0.2) is 0 Å². The normalized spacial score (nSPS) is 27.1. The second kappa shape index (κ2) is 5.79. The van der Waals surface area contributed by atoms with Crippen LogP contribution in [0.15, 0.2) is 30.3 Å². The predicted octanol–water partition coefficient (Wildman–Crippen LogP) is 2.75. The van der Waals surface area contributed by atoms with Gasteiger partial charge >= 0.3 is 0 Å². The summed E-state index contributed by atoms with van der Waals surface area (Å²) in [7, 11) is 2.15. The van der Waals surface area contributed by atoms with Crippen LogP contribution >= 0.6 is 0 Å². The van der Waals surface area contributed by atoms with Gasteiger partial charge in [-0.25, -0.2) is 0 Å². The van der Waals surface area contributed by atoms with Crippen molar-refractivity contribution in [3.8, 4) is 6.07 Å². The molecule has 2 aliphatic rings. The highest BCUT2D eigenvalue weighted by molar-refractivity contribution is 5.32. The van der Waals surface area contributed by atoms with Crippen molar-refractivity contribution >= 4 is 0 Å². The van der Waals surface area contributed by atoms with Crippen LogP contribution in [0.5, 0.6) is 0 Å². The maximum atomic E-state index is 9.92. The largest absolute Gasteiger partial charge is 0.303 e. The third-order valence-electron chi connectivity index (χ3n) is 4.81. The van der Waals surface area contributed by atoms with E-state index in [0.717, 1.165) is 30.5 Å². The molecule has 3 atom stereocenters. The van der Waals surface area contributed by atoms with E-state index in [1.807, 2.05) is 18.2 Å². The standard InChI is InChI=1S/C18H25N3/c1-14-10-15(14)11-21(2)13-18(12-19,20-17-8-9-17)16-6-4-3-5-7-16/h3-7,14-15,17,20H,8-11,13H2,1-2H3. The minimum Gasteiger partial charge on any atom is -0.303 e. The molecule has 3 heteroatoms. The van der Waals surface area contributed by atoms with Crippen LogP contribution in [0.1, 0.15) is 31.7 Å². The van der Waals surface area contributed by atoms with E-state index in [2.05, 4.69) is 42.4 Å². The third-order valence-corrected chi connectivity index (χ3v) is 4.81. The molecular weight excluding hydrogens is 258 g/mol.